The van der Waals surface area contributed by atoms with Crippen molar-refractivity contribution in [3.05, 3.63) is 47.1 Å². The van der Waals surface area contributed by atoms with Crippen molar-refractivity contribution < 1.29 is 9.13 Å². The lowest BCUT2D eigenvalue weighted by Crippen LogP contribution is -2.03. The van der Waals surface area contributed by atoms with Crippen LogP contribution in [0, 0.1) is 5.82 Å². The van der Waals surface area contributed by atoms with Crippen molar-refractivity contribution in [2.45, 2.75) is 6.61 Å². The lowest BCUT2D eigenvalue weighted by Gasteiger charge is -2.08. The van der Waals surface area contributed by atoms with Gasteiger partial charge in [0, 0.05) is 12.6 Å². The van der Waals surface area contributed by atoms with Crippen molar-refractivity contribution in [3.8, 4) is 5.88 Å². The Bertz CT molecular complexity index is 744. The SMILES string of the molecule is CNc1nc(OCc2ccccc2F)c2ccsc2n1. The Hall–Kier alpha value is -2.21. The molecule has 1 N–H and O–H groups in total. The highest BCUT2D eigenvalue weighted by Crippen LogP contribution is 2.28. The Balaban J connectivity index is 1.90. The van der Waals surface area contributed by atoms with E-state index in [1.807, 2.05) is 11.4 Å². The molecule has 3 aromatic rings. The van der Waals surface area contributed by atoms with Gasteiger partial charge in [-0.15, -0.1) is 11.3 Å². The Morgan fingerprint density at radius 1 is 1.25 bits per heavy atom. The van der Waals surface area contributed by atoms with Crippen molar-refractivity contribution in [2.24, 2.45) is 0 Å². The van der Waals surface area contributed by atoms with Crippen LogP contribution in [0.1, 0.15) is 5.56 Å². The van der Waals surface area contributed by atoms with Crippen LogP contribution in [0.25, 0.3) is 10.2 Å². The van der Waals surface area contributed by atoms with Gasteiger partial charge in [-0.05, 0) is 17.5 Å². The molecule has 0 unspecified atom stereocenters. The molecule has 2 aromatic heterocycles. The van der Waals surface area contributed by atoms with Crippen LogP contribution in [0.5, 0.6) is 5.88 Å². The van der Waals surface area contributed by atoms with Crippen molar-refractivity contribution in [1.82, 2.24) is 9.97 Å². The minimum atomic E-state index is -0.281. The van der Waals surface area contributed by atoms with Crippen LogP contribution in [0.2, 0.25) is 0 Å². The molecule has 20 heavy (non-hydrogen) atoms. The molecule has 0 aliphatic rings. The van der Waals surface area contributed by atoms with Crippen LogP contribution in [-0.2, 0) is 6.61 Å². The van der Waals surface area contributed by atoms with Crippen molar-refractivity contribution in [3.63, 3.8) is 0 Å². The maximum Gasteiger partial charge on any atom is 0.227 e. The first-order valence-electron chi connectivity index (χ1n) is 6.07. The van der Waals surface area contributed by atoms with Gasteiger partial charge in [0.1, 0.15) is 17.3 Å². The number of benzene rings is 1. The molecule has 102 valence electrons. The second-order valence-corrected chi connectivity index (χ2v) is 5.02. The molecule has 0 amide bonds. The average Bonchev–Trinajstić information content (AvgIpc) is 2.94. The average molecular weight is 289 g/mol. The predicted octanol–water partition coefficient (Wildman–Crippen LogP) is 3.45. The molecular formula is C14H12FN3OS. The molecule has 1 aromatic carbocycles. The molecule has 2 heterocycles. The number of aromatic nitrogens is 2. The molecular weight excluding hydrogens is 277 g/mol. The third-order valence-corrected chi connectivity index (χ3v) is 3.64. The summed E-state index contributed by atoms with van der Waals surface area (Å²) in [5.41, 5.74) is 0.500. The molecule has 6 heteroatoms. The van der Waals surface area contributed by atoms with Gasteiger partial charge in [-0.3, -0.25) is 0 Å². The summed E-state index contributed by atoms with van der Waals surface area (Å²) < 4.78 is 19.2. The first-order valence-corrected chi connectivity index (χ1v) is 6.95. The highest BCUT2D eigenvalue weighted by Gasteiger charge is 2.10. The van der Waals surface area contributed by atoms with E-state index in [9.17, 15) is 4.39 Å². The third kappa shape index (κ3) is 2.42. The zero-order valence-corrected chi connectivity index (χ0v) is 11.6. The lowest BCUT2D eigenvalue weighted by molar-refractivity contribution is 0.292. The largest absolute Gasteiger partial charge is 0.472 e. The monoisotopic (exact) mass is 289 g/mol. The van der Waals surface area contributed by atoms with E-state index in [0.717, 1.165) is 10.2 Å². The van der Waals surface area contributed by atoms with E-state index in [2.05, 4.69) is 15.3 Å². The first kappa shape index (κ1) is 12.8. The molecule has 4 nitrogen and oxygen atoms in total. The number of rotatable bonds is 4. The number of halogens is 1. The predicted molar refractivity (Wildman–Crippen MR) is 77.7 cm³/mol. The van der Waals surface area contributed by atoms with Crippen molar-refractivity contribution in [1.29, 1.82) is 0 Å². The van der Waals surface area contributed by atoms with E-state index >= 15 is 0 Å². The minimum Gasteiger partial charge on any atom is -0.472 e. The van der Waals surface area contributed by atoms with Crippen LogP contribution < -0.4 is 10.1 Å². The van der Waals surface area contributed by atoms with Gasteiger partial charge in [0.15, 0.2) is 0 Å². The van der Waals surface area contributed by atoms with Gasteiger partial charge < -0.3 is 10.1 Å². The Morgan fingerprint density at radius 2 is 2.10 bits per heavy atom. The van der Waals surface area contributed by atoms with E-state index in [0.29, 0.717) is 17.4 Å². The Kier molecular flexibility index (Phi) is 3.47. The molecule has 0 aliphatic carbocycles. The molecule has 0 spiro atoms. The summed E-state index contributed by atoms with van der Waals surface area (Å²) in [7, 11) is 1.75. The van der Waals surface area contributed by atoms with E-state index in [1.165, 1.54) is 17.4 Å². The fourth-order valence-corrected chi connectivity index (χ4v) is 2.57. The number of anilines is 1. The van der Waals surface area contributed by atoms with E-state index in [1.54, 1.807) is 25.2 Å². The highest BCUT2D eigenvalue weighted by atomic mass is 32.1. The minimum absolute atomic E-state index is 0.137. The number of hydrogen-bond donors (Lipinski definition) is 1. The maximum atomic E-state index is 13.6. The number of nitrogens with one attached hydrogen (secondary N) is 1. The molecule has 0 bridgehead atoms. The van der Waals surface area contributed by atoms with Crippen LogP contribution in [0.4, 0.5) is 10.3 Å². The molecule has 0 aliphatic heterocycles. The molecule has 0 fully saturated rings. The zero-order valence-electron chi connectivity index (χ0n) is 10.8. The summed E-state index contributed by atoms with van der Waals surface area (Å²) in [5.74, 6) is 0.671. The highest BCUT2D eigenvalue weighted by molar-refractivity contribution is 7.16. The van der Waals surface area contributed by atoms with Crippen molar-refractivity contribution in [2.75, 3.05) is 12.4 Å². The number of ether oxygens (including phenoxy) is 1. The van der Waals surface area contributed by atoms with Gasteiger partial charge in [-0.2, -0.15) is 4.98 Å². The lowest BCUT2D eigenvalue weighted by atomic mass is 10.2. The summed E-state index contributed by atoms with van der Waals surface area (Å²) in [6, 6.07) is 8.44. The number of thiophene rings is 1. The fraction of sp³-hybridized carbons (Fsp3) is 0.143. The third-order valence-electron chi connectivity index (χ3n) is 2.84. The molecule has 0 saturated heterocycles. The molecule has 0 saturated carbocycles. The van der Waals surface area contributed by atoms with E-state index < -0.39 is 0 Å². The quantitative estimate of drug-likeness (QED) is 0.799. The fourth-order valence-electron chi connectivity index (χ4n) is 1.81. The van der Waals surface area contributed by atoms with Gasteiger partial charge in [0.2, 0.25) is 11.8 Å². The zero-order chi connectivity index (χ0) is 13.9. The molecule has 3 rings (SSSR count). The molecule has 0 atom stereocenters. The van der Waals surface area contributed by atoms with Gasteiger partial charge in [-0.25, -0.2) is 9.37 Å². The number of nitrogens with zero attached hydrogens (tertiary/aromatic N) is 2. The maximum absolute atomic E-state index is 13.6. The van der Waals surface area contributed by atoms with Crippen LogP contribution in [0.15, 0.2) is 35.7 Å². The normalized spacial score (nSPS) is 10.7. The van der Waals surface area contributed by atoms with E-state index in [4.69, 9.17) is 4.74 Å². The van der Waals surface area contributed by atoms with Crippen LogP contribution >= 0.6 is 11.3 Å². The summed E-state index contributed by atoms with van der Waals surface area (Å²) in [5, 5.41) is 5.65. The van der Waals surface area contributed by atoms with Crippen molar-refractivity contribution >= 4 is 27.5 Å². The van der Waals surface area contributed by atoms with Crippen LogP contribution in [0.3, 0.4) is 0 Å². The smallest absolute Gasteiger partial charge is 0.227 e. The van der Waals surface area contributed by atoms with Gasteiger partial charge in [0.25, 0.3) is 0 Å². The first-order chi connectivity index (χ1) is 9.78. The van der Waals surface area contributed by atoms with Gasteiger partial charge in [-0.1, -0.05) is 18.2 Å². The van der Waals surface area contributed by atoms with Crippen LogP contribution in [-0.4, -0.2) is 17.0 Å². The summed E-state index contributed by atoms with van der Waals surface area (Å²) in [6.07, 6.45) is 0. The summed E-state index contributed by atoms with van der Waals surface area (Å²) in [4.78, 5) is 9.45. The Morgan fingerprint density at radius 3 is 2.90 bits per heavy atom. The standard InChI is InChI=1S/C14H12FN3OS/c1-16-14-17-12(10-6-7-20-13(10)18-14)19-8-9-4-2-3-5-11(9)15/h2-7H,8H2,1H3,(H,16,17,18). The van der Waals surface area contributed by atoms with E-state index in [-0.39, 0.29) is 12.4 Å². The molecule has 0 radical (unpaired) electrons. The number of fused-ring (bicyclic) bond motifs is 1. The second kappa shape index (κ2) is 5.42. The summed E-state index contributed by atoms with van der Waals surface area (Å²) in [6.45, 7) is 0.137. The topological polar surface area (TPSA) is 47.0 Å². The second-order valence-electron chi connectivity index (χ2n) is 4.12. The van der Waals surface area contributed by atoms with Gasteiger partial charge >= 0.3 is 0 Å². The Labute approximate surface area is 119 Å². The number of hydrogen-bond acceptors (Lipinski definition) is 5. The summed E-state index contributed by atoms with van der Waals surface area (Å²) >= 11 is 1.51. The van der Waals surface area contributed by atoms with Gasteiger partial charge in [0.05, 0.1) is 5.39 Å².